The third-order valence-corrected chi connectivity index (χ3v) is 15.3. The zero-order valence-electron chi connectivity index (χ0n) is 29.2. The molecule has 0 amide bonds. The third-order valence-electron chi connectivity index (χ3n) is 10.1. The molecule has 288 valence electrons. The van der Waals surface area contributed by atoms with Crippen molar-refractivity contribution in [3.05, 3.63) is 93.9 Å². The van der Waals surface area contributed by atoms with Crippen LogP contribution in [0.2, 0.25) is 5.02 Å². The molecule has 5 aromatic rings. The quantitative estimate of drug-likeness (QED) is 0.0749. The number of hydrogen-bond acceptors (Lipinski definition) is 12. The highest BCUT2D eigenvalue weighted by Gasteiger charge is 2.60. The predicted octanol–water partition coefficient (Wildman–Crippen LogP) is 3.14. The fourth-order valence-corrected chi connectivity index (χ4v) is 12.3. The number of quaternary nitrogens is 1. The highest BCUT2D eigenvalue weighted by Crippen LogP contribution is 2.60. The first-order chi connectivity index (χ1) is 26.1. The molecule has 18 heteroatoms. The number of hydrogen-bond donors (Lipinski definition) is 1. The lowest BCUT2D eigenvalue weighted by Gasteiger charge is -2.49. The lowest BCUT2D eigenvalue weighted by atomic mass is 10.0. The average Bonchev–Trinajstić information content (AvgIpc) is 3.64. The van der Waals surface area contributed by atoms with Crippen molar-refractivity contribution in [3.8, 4) is 0 Å². The minimum Gasteiger partial charge on any atom is -0.743 e. The lowest BCUT2D eigenvalue weighted by molar-refractivity contribution is -0.669. The number of carbonyl (C=O) groups excluding carboxylic acids is 2. The fraction of sp³-hybridized carbons (Fsp3) is 0.270. The Hall–Kier alpha value is -4.07. The van der Waals surface area contributed by atoms with Crippen LogP contribution in [0.5, 0.6) is 0 Å². The molecule has 3 heterocycles. The Balaban J connectivity index is 1.12. The van der Waals surface area contributed by atoms with E-state index in [-0.39, 0.29) is 28.0 Å². The number of carbonyl (C=O) groups is 2. The first-order valence-electron chi connectivity index (χ1n) is 17.2. The van der Waals surface area contributed by atoms with E-state index in [9.17, 15) is 41.2 Å². The van der Waals surface area contributed by atoms with Crippen LogP contribution in [0.4, 0.5) is 11.4 Å². The predicted molar refractivity (Wildman–Crippen MR) is 207 cm³/mol. The highest BCUT2D eigenvalue weighted by atomic mass is 35.5. The first kappa shape index (κ1) is 39.2. The molecule has 0 aliphatic carbocycles. The molecule has 7 rings (SSSR count). The zero-order valence-corrected chi connectivity index (χ0v) is 33.2. The molecule has 0 radical (unpaired) electrons. The second-order valence-corrected chi connectivity index (χ2v) is 19.2. The largest absolute Gasteiger partial charge is 0.743 e. The van der Waals surface area contributed by atoms with E-state index in [0.717, 1.165) is 46.5 Å². The van der Waals surface area contributed by atoms with Gasteiger partial charge in [-0.25, -0.2) is 26.0 Å². The molecule has 0 bridgehead atoms. The van der Waals surface area contributed by atoms with E-state index in [4.69, 9.17) is 11.6 Å². The summed E-state index contributed by atoms with van der Waals surface area (Å²) in [6, 6.07) is 21.2. The molecule has 13 nitrogen and oxygen atoms in total. The van der Waals surface area contributed by atoms with Crippen LogP contribution in [0.25, 0.3) is 27.1 Å². The number of anilines is 1. The summed E-state index contributed by atoms with van der Waals surface area (Å²) >= 11 is 9.41. The maximum absolute atomic E-state index is 13.1. The summed E-state index contributed by atoms with van der Waals surface area (Å²) in [5.74, 6) is -3.00. The molecule has 4 aromatic carbocycles. The van der Waals surface area contributed by atoms with Crippen LogP contribution in [-0.4, -0.2) is 64.4 Å². The van der Waals surface area contributed by atoms with Crippen LogP contribution in [0, 0.1) is 0 Å². The number of carboxylic acids is 2. The van der Waals surface area contributed by atoms with Crippen molar-refractivity contribution < 1.29 is 45.8 Å². The van der Waals surface area contributed by atoms with Gasteiger partial charge in [-0.05, 0) is 79.0 Å². The molecular weight excluding hydrogens is 808 g/mol. The zero-order chi connectivity index (χ0) is 39.3. The highest BCUT2D eigenvalue weighted by molar-refractivity contribution is 8.03. The standard InChI is InChI=1S/C37H35ClN4O9S4/c1-23(37(45)46)41(22-35(43)44)26-10-12-27(13-11-26)54(47,48)39-17-4-5-18-40-29-20-25(38)9-15-30(29)52-32(40)21-33-42(19-16-34(42)55(49,50)51)36-28-7-3-2-6-24(28)8-14-31(36)53-33/h2-3,6-15,20-21,23,34,39H,4-5,16-19,22H2,1H3,(H-2,43,44,45,46,49,50,51)/p-1/b33-21-. The number of carboxylic acid groups (broad SMARTS) is 2. The van der Waals surface area contributed by atoms with Crippen molar-refractivity contribution in [1.82, 2.24) is 9.21 Å². The molecule has 0 saturated carbocycles. The van der Waals surface area contributed by atoms with E-state index in [1.807, 2.05) is 54.6 Å². The molecule has 2 aliphatic rings. The monoisotopic (exact) mass is 841 g/mol. The van der Waals surface area contributed by atoms with Crippen molar-refractivity contribution in [3.63, 3.8) is 0 Å². The molecule has 1 N–H and O–H groups in total. The van der Waals surface area contributed by atoms with E-state index < -0.39 is 50.0 Å². The number of halogens is 1. The Labute approximate surface area is 330 Å². The minimum atomic E-state index is -4.66. The molecule has 1 fully saturated rings. The van der Waals surface area contributed by atoms with Gasteiger partial charge in [0.05, 0.1) is 53.4 Å². The van der Waals surface area contributed by atoms with Gasteiger partial charge >= 0.3 is 0 Å². The van der Waals surface area contributed by atoms with Crippen LogP contribution < -0.4 is 28.9 Å². The van der Waals surface area contributed by atoms with Crippen LogP contribution in [-0.2, 0) is 36.3 Å². The van der Waals surface area contributed by atoms with Gasteiger partial charge in [-0.2, -0.15) is 4.57 Å². The molecule has 55 heavy (non-hydrogen) atoms. The number of aliphatic carboxylic acids is 2. The van der Waals surface area contributed by atoms with E-state index in [0.29, 0.717) is 31.0 Å². The van der Waals surface area contributed by atoms with Gasteiger partial charge in [0.15, 0.2) is 32.8 Å². The SMILES string of the molecule is CC(C(=O)[O-])N(CC(=O)[O-])c1ccc(S(=O)(=O)NCCCC[n+]2c(/C=C3\Sc4ccc5ccccc5c4[N+]34CCC4S(=O)(=O)[O-])sc3ccc(Cl)cc32)cc1. The molecular formula is C37H34ClN4O9S4-. The minimum absolute atomic E-state index is 0.0600. The van der Waals surface area contributed by atoms with Crippen molar-refractivity contribution >= 4 is 105 Å². The maximum atomic E-state index is 13.1. The number of thioether (sulfide) groups is 1. The Morgan fingerprint density at radius 3 is 2.45 bits per heavy atom. The number of fused-ring (bicyclic) bond motifs is 5. The van der Waals surface area contributed by atoms with E-state index >= 15 is 0 Å². The normalized spacial score (nSPS) is 19.5. The summed E-state index contributed by atoms with van der Waals surface area (Å²) in [6.45, 7) is 1.57. The smallest absolute Gasteiger partial charge is 0.269 e. The summed E-state index contributed by atoms with van der Waals surface area (Å²) < 4.78 is 70.0. The average molecular weight is 842 g/mol. The lowest BCUT2D eigenvalue weighted by Crippen LogP contribution is -2.67. The van der Waals surface area contributed by atoms with Crippen molar-refractivity contribution in [2.24, 2.45) is 0 Å². The fourth-order valence-electron chi connectivity index (χ4n) is 7.28. The number of benzene rings is 4. The van der Waals surface area contributed by atoms with Crippen molar-refractivity contribution in [1.29, 1.82) is 0 Å². The number of sulfonamides is 1. The second kappa shape index (κ2) is 15.1. The number of thiazole rings is 1. The van der Waals surface area contributed by atoms with Gasteiger partial charge in [0.2, 0.25) is 15.5 Å². The summed E-state index contributed by atoms with van der Waals surface area (Å²) in [4.78, 5) is 24.5. The van der Waals surface area contributed by atoms with Crippen molar-refractivity contribution in [2.75, 3.05) is 24.5 Å². The van der Waals surface area contributed by atoms with E-state index in [2.05, 4.69) is 9.29 Å². The Morgan fingerprint density at radius 1 is 1.04 bits per heavy atom. The van der Waals surface area contributed by atoms with E-state index in [1.165, 1.54) is 54.3 Å². The van der Waals surface area contributed by atoms with Crippen LogP contribution in [0.1, 0.15) is 31.2 Å². The second-order valence-electron chi connectivity index (χ2n) is 13.3. The number of unbranched alkanes of at least 4 members (excludes halogenated alkanes) is 1. The molecule has 3 unspecified atom stereocenters. The number of aryl methyl sites for hydroxylation is 1. The van der Waals surface area contributed by atoms with Gasteiger partial charge in [0.25, 0.3) is 5.01 Å². The summed E-state index contributed by atoms with van der Waals surface area (Å²) in [5, 5.41) is 25.4. The summed E-state index contributed by atoms with van der Waals surface area (Å²) in [7, 11) is -8.63. The molecule has 1 aromatic heterocycles. The number of nitrogens with zero attached hydrogens (tertiary/aromatic N) is 3. The number of nitrogens with one attached hydrogen (secondary N) is 1. The summed E-state index contributed by atoms with van der Waals surface area (Å²) in [6.07, 6.45) is 3.22. The molecule has 2 aliphatic heterocycles. The third kappa shape index (κ3) is 7.47. The van der Waals surface area contributed by atoms with Gasteiger partial charge in [-0.3, -0.25) is 0 Å². The summed E-state index contributed by atoms with van der Waals surface area (Å²) in [5.41, 5.74) is 1.86. The first-order valence-corrected chi connectivity index (χ1v) is 22.2. The molecule has 3 atom stereocenters. The maximum Gasteiger partial charge on any atom is 0.269 e. The molecule has 1 saturated heterocycles. The Morgan fingerprint density at radius 2 is 1.78 bits per heavy atom. The topological polar surface area (TPSA) is 191 Å². The van der Waals surface area contributed by atoms with Crippen molar-refractivity contribution in [2.45, 2.75) is 53.9 Å². The van der Waals surface area contributed by atoms with Crippen LogP contribution in [0.3, 0.4) is 0 Å². The number of aromatic nitrogens is 1. The van der Waals surface area contributed by atoms with Gasteiger partial charge in [0.1, 0.15) is 4.70 Å². The van der Waals surface area contributed by atoms with Gasteiger partial charge in [-0.15, -0.1) is 0 Å². The van der Waals surface area contributed by atoms with Gasteiger partial charge < -0.3 is 29.3 Å². The van der Waals surface area contributed by atoms with Gasteiger partial charge in [-0.1, -0.05) is 47.2 Å². The van der Waals surface area contributed by atoms with Crippen LogP contribution in [0.15, 0.2) is 93.7 Å². The van der Waals surface area contributed by atoms with Crippen LogP contribution >= 0.6 is 34.7 Å². The Kier molecular flexibility index (Phi) is 10.8. The van der Waals surface area contributed by atoms with Gasteiger partial charge in [0, 0.05) is 35.1 Å². The number of rotatable bonds is 14. The molecule has 1 spiro atoms. The van der Waals surface area contributed by atoms with E-state index in [1.54, 1.807) is 6.07 Å². The Bertz CT molecular complexity index is 2600.